The van der Waals surface area contributed by atoms with E-state index in [4.69, 9.17) is 14.7 Å². The SMILES string of the molecule is N#Cc1ccc(-c2ccc(OC(=O)C3(c4ccc(F)cc4)CCOCC3)cc2)cc1. The van der Waals surface area contributed by atoms with Crippen molar-refractivity contribution in [3.8, 4) is 22.9 Å². The lowest BCUT2D eigenvalue weighted by molar-refractivity contribution is -0.145. The second-order valence-corrected chi connectivity index (χ2v) is 7.30. The number of hydrogen-bond donors (Lipinski definition) is 0. The molecule has 0 aliphatic carbocycles. The van der Waals surface area contributed by atoms with Gasteiger partial charge in [-0.05, 0) is 65.9 Å². The van der Waals surface area contributed by atoms with E-state index < -0.39 is 5.41 Å². The number of nitrogens with zero attached hydrogens (tertiary/aromatic N) is 1. The second kappa shape index (κ2) is 8.48. The highest BCUT2D eigenvalue weighted by Gasteiger charge is 2.43. The summed E-state index contributed by atoms with van der Waals surface area (Å²) in [6, 6.07) is 22.7. The van der Waals surface area contributed by atoms with Gasteiger partial charge in [-0.3, -0.25) is 4.79 Å². The number of nitriles is 1. The van der Waals surface area contributed by atoms with Gasteiger partial charge < -0.3 is 9.47 Å². The van der Waals surface area contributed by atoms with Crippen LogP contribution in [0.5, 0.6) is 5.75 Å². The molecule has 1 aliphatic rings. The zero-order valence-electron chi connectivity index (χ0n) is 16.3. The molecule has 0 atom stereocenters. The molecule has 3 aromatic rings. The van der Waals surface area contributed by atoms with Crippen molar-refractivity contribution in [1.82, 2.24) is 0 Å². The number of carbonyl (C=O) groups is 1. The van der Waals surface area contributed by atoms with Crippen molar-refractivity contribution in [1.29, 1.82) is 5.26 Å². The van der Waals surface area contributed by atoms with Crippen LogP contribution in [0, 0.1) is 17.1 Å². The number of esters is 1. The van der Waals surface area contributed by atoms with E-state index in [-0.39, 0.29) is 11.8 Å². The molecule has 5 heteroatoms. The molecule has 0 unspecified atom stereocenters. The summed E-state index contributed by atoms with van der Waals surface area (Å²) in [6.45, 7) is 0.897. The summed E-state index contributed by atoms with van der Waals surface area (Å²) in [7, 11) is 0. The van der Waals surface area contributed by atoms with Crippen molar-refractivity contribution in [3.63, 3.8) is 0 Å². The first-order chi connectivity index (χ1) is 14.6. The Morgan fingerprint density at radius 3 is 2.03 bits per heavy atom. The smallest absolute Gasteiger partial charge is 0.322 e. The topological polar surface area (TPSA) is 59.3 Å². The van der Waals surface area contributed by atoms with Gasteiger partial charge in [0.2, 0.25) is 0 Å². The molecule has 0 bridgehead atoms. The van der Waals surface area contributed by atoms with Gasteiger partial charge in [-0.25, -0.2) is 4.39 Å². The minimum Gasteiger partial charge on any atom is -0.426 e. The Balaban J connectivity index is 1.55. The predicted octanol–water partition coefficient (Wildman–Crippen LogP) is 5.02. The lowest BCUT2D eigenvalue weighted by atomic mass is 9.74. The normalized spacial score (nSPS) is 15.2. The maximum absolute atomic E-state index is 13.4. The Morgan fingerprint density at radius 1 is 0.900 bits per heavy atom. The molecule has 3 aromatic carbocycles. The summed E-state index contributed by atoms with van der Waals surface area (Å²) >= 11 is 0. The molecule has 1 heterocycles. The number of benzene rings is 3. The summed E-state index contributed by atoms with van der Waals surface area (Å²) in [5.41, 5.74) is 2.42. The first kappa shape index (κ1) is 19.8. The molecule has 0 N–H and O–H groups in total. The van der Waals surface area contributed by atoms with Crippen molar-refractivity contribution in [2.45, 2.75) is 18.3 Å². The van der Waals surface area contributed by atoms with Gasteiger partial charge in [-0.15, -0.1) is 0 Å². The van der Waals surface area contributed by atoms with Crippen LogP contribution in [0.25, 0.3) is 11.1 Å². The average molecular weight is 401 g/mol. The molecule has 0 radical (unpaired) electrons. The molecule has 4 nitrogen and oxygen atoms in total. The number of halogens is 1. The third-order valence-electron chi connectivity index (χ3n) is 5.55. The Morgan fingerprint density at radius 2 is 1.47 bits per heavy atom. The fourth-order valence-corrected chi connectivity index (χ4v) is 3.76. The molecule has 1 fully saturated rings. The zero-order chi connectivity index (χ0) is 21.0. The lowest BCUT2D eigenvalue weighted by Crippen LogP contribution is -2.44. The molecule has 0 aromatic heterocycles. The fraction of sp³-hybridized carbons (Fsp3) is 0.200. The highest BCUT2D eigenvalue weighted by atomic mass is 19.1. The van der Waals surface area contributed by atoms with Gasteiger partial charge in [0.15, 0.2) is 0 Å². The van der Waals surface area contributed by atoms with E-state index >= 15 is 0 Å². The third-order valence-corrected chi connectivity index (χ3v) is 5.55. The fourth-order valence-electron chi connectivity index (χ4n) is 3.76. The van der Waals surface area contributed by atoms with E-state index in [1.807, 2.05) is 24.3 Å². The van der Waals surface area contributed by atoms with Gasteiger partial charge in [-0.2, -0.15) is 5.26 Å². The Hall–Kier alpha value is -3.49. The van der Waals surface area contributed by atoms with Crippen molar-refractivity contribution < 1.29 is 18.7 Å². The highest BCUT2D eigenvalue weighted by molar-refractivity contribution is 5.85. The summed E-state index contributed by atoms with van der Waals surface area (Å²) in [4.78, 5) is 13.2. The number of carbonyl (C=O) groups excluding carboxylic acids is 1. The van der Waals surface area contributed by atoms with E-state index in [1.54, 1.807) is 36.4 Å². The van der Waals surface area contributed by atoms with Crippen LogP contribution in [-0.2, 0) is 14.9 Å². The molecule has 0 saturated carbocycles. The number of hydrogen-bond acceptors (Lipinski definition) is 4. The molecule has 1 saturated heterocycles. The van der Waals surface area contributed by atoms with E-state index in [2.05, 4.69) is 6.07 Å². The Kier molecular flexibility index (Phi) is 5.60. The number of ether oxygens (including phenoxy) is 2. The zero-order valence-corrected chi connectivity index (χ0v) is 16.3. The summed E-state index contributed by atoms with van der Waals surface area (Å²) in [5, 5.41) is 8.92. The van der Waals surface area contributed by atoms with E-state index in [1.165, 1.54) is 12.1 Å². The largest absolute Gasteiger partial charge is 0.426 e. The maximum Gasteiger partial charge on any atom is 0.322 e. The average Bonchev–Trinajstić information content (AvgIpc) is 2.80. The minimum atomic E-state index is -0.849. The highest BCUT2D eigenvalue weighted by Crippen LogP contribution is 2.37. The molecule has 150 valence electrons. The molecule has 1 aliphatic heterocycles. The molecule has 4 rings (SSSR count). The third kappa shape index (κ3) is 3.96. The van der Waals surface area contributed by atoms with Crippen LogP contribution < -0.4 is 4.74 Å². The summed E-state index contributed by atoms with van der Waals surface area (Å²) in [5.74, 6) is -0.248. The van der Waals surface area contributed by atoms with E-state index in [0.29, 0.717) is 37.4 Å². The lowest BCUT2D eigenvalue weighted by Gasteiger charge is -2.35. The van der Waals surface area contributed by atoms with Crippen LogP contribution in [0.1, 0.15) is 24.0 Å². The monoisotopic (exact) mass is 401 g/mol. The van der Waals surface area contributed by atoms with Crippen LogP contribution in [-0.4, -0.2) is 19.2 Å². The molecule has 30 heavy (non-hydrogen) atoms. The van der Waals surface area contributed by atoms with Crippen molar-refractivity contribution in [2.75, 3.05) is 13.2 Å². The van der Waals surface area contributed by atoms with Crippen LogP contribution in [0.4, 0.5) is 4.39 Å². The molecule has 0 amide bonds. The summed E-state index contributed by atoms with van der Waals surface area (Å²) in [6.07, 6.45) is 0.974. The second-order valence-electron chi connectivity index (χ2n) is 7.30. The Labute approximate surface area is 174 Å². The first-order valence-corrected chi connectivity index (χ1v) is 9.77. The van der Waals surface area contributed by atoms with E-state index in [9.17, 15) is 9.18 Å². The van der Waals surface area contributed by atoms with Gasteiger partial charge in [0, 0.05) is 13.2 Å². The van der Waals surface area contributed by atoms with Crippen LogP contribution in [0.3, 0.4) is 0 Å². The molecule has 0 spiro atoms. The predicted molar refractivity (Wildman–Crippen MR) is 110 cm³/mol. The van der Waals surface area contributed by atoms with Gasteiger partial charge in [0.05, 0.1) is 17.0 Å². The quantitative estimate of drug-likeness (QED) is 0.455. The van der Waals surface area contributed by atoms with Gasteiger partial charge in [-0.1, -0.05) is 36.4 Å². The first-order valence-electron chi connectivity index (χ1n) is 9.77. The van der Waals surface area contributed by atoms with E-state index in [0.717, 1.165) is 16.7 Å². The van der Waals surface area contributed by atoms with Gasteiger partial charge in [0.1, 0.15) is 11.6 Å². The van der Waals surface area contributed by atoms with Crippen LogP contribution in [0.2, 0.25) is 0 Å². The maximum atomic E-state index is 13.4. The summed E-state index contributed by atoms with van der Waals surface area (Å²) < 4.78 is 24.6. The van der Waals surface area contributed by atoms with Crippen LogP contribution in [0.15, 0.2) is 72.8 Å². The standard InChI is InChI=1S/C25H20FNO3/c26-22-9-7-21(8-10-22)25(13-15-29-16-14-25)24(28)30-23-11-5-20(6-12-23)19-3-1-18(17-27)2-4-19/h1-12H,13-16H2. The van der Waals surface area contributed by atoms with Gasteiger partial charge >= 0.3 is 5.97 Å². The van der Waals surface area contributed by atoms with Crippen molar-refractivity contribution in [2.24, 2.45) is 0 Å². The Bertz CT molecular complexity index is 1060. The molecular weight excluding hydrogens is 381 g/mol. The van der Waals surface area contributed by atoms with Crippen molar-refractivity contribution >= 4 is 5.97 Å². The number of rotatable bonds is 4. The van der Waals surface area contributed by atoms with Gasteiger partial charge in [0.25, 0.3) is 0 Å². The molecular formula is C25H20FNO3. The van der Waals surface area contributed by atoms with Crippen LogP contribution >= 0.6 is 0 Å². The minimum absolute atomic E-state index is 0.340. The van der Waals surface area contributed by atoms with Crippen molar-refractivity contribution in [3.05, 3.63) is 89.7 Å².